The number of benzene rings is 3. The number of amides is 4. The number of rotatable bonds is 6. The minimum absolute atomic E-state index is 0.155. The topological polar surface area (TPSA) is 111 Å². The minimum Gasteiger partial charge on any atom is -0.497 e. The Hall–Kier alpha value is -4.44. The van der Waals surface area contributed by atoms with Crippen LogP contribution in [0.15, 0.2) is 76.8 Å². The number of urea groups is 1. The summed E-state index contributed by atoms with van der Waals surface area (Å²) in [5, 5.41) is 2.17. The number of halogens is 1. The fourth-order valence-corrected chi connectivity index (χ4v) is 3.66. The van der Waals surface area contributed by atoms with Gasteiger partial charge < -0.3 is 14.2 Å². The molecule has 3 aromatic rings. The van der Waals surface area contributed by atoms with Crippen LogP contribution in [0.2, 0.25) is 0 Å². The lowest BCUT2D eigenvalue weighted by atomic mass is 10.1. The molecular weight excluding hydrogens is 532 g/mol. The quantitative estimate of drug-likeness (QED) is 0.210. The normalized spacial score (nSPS) is 14.5. The maximum absolute atomic E-state index is 13.1. The number of esters is 1. The van der Waals surface area contributed by atoms with Crippen molar-refractivity contribution in [3.63, 3.8) is 0 Å². The molecule has 3 aromatic carbocycles. The third-order valence-corrected chi connectivity index (χ3v) is 5.74. The van der Waals surface area contributed by atoms with E-state index in [0.29, 0.717) is 16.9 Å². The predicted octanol–water partition coefficient (Wildman–Crippen LogP) is 4.35. The summed E-state index contributed by atoms with van der Waals surface area (Å²) in [4.78, 5) is 51.3. The fourth-order valence-electron chi connectivity index (χ4n) is 3.39. The Labute approximate surface area is 214 Å². The van der Waals surface area contributed by atoms with Crippen LogP contribution in [0.25, 0.3) is 6.08 Å². The molecule has 1 aliphatic heterocycles. The molecule has 9 nitrogen and oxygen atoms in total. The van der Waals surface area contributed by atoms with Gasteiger partial charge in [-0.2, -0.15) is 0 Å². The Balaban J connectivity index is 1.60. The maximum Gasteiger partial charge on any atom is 0.343 e. The Bertz CT molecular complexity index is 1380. The zero-order valence-electron chi connectivity index (χ0n) is 19.1. The predicted molar refractivity (Wildman–Crippen MR) is 134 cm³/mol. The van der Waals surface area contributed by atoms with Gasteiger partial charge >= 0.3 is 12.0 Å². The zero-order valence-corrected chi connectivity index (χ0v) is 20.7. The summed E-state index contributed by atoms with van der Waals surface area (Å²) in [7, 11) is 2.89. The number of nitrogens with one attached hydrogen (secondary N) is 1. The molecular formula is C26H19BrN2O7. The number of imide groups is 2. The first-order valence-corrected chi connectivity index (χ1v) is 11.3. The van der Waals surface area contributed by atoms with E-state index in [-0.39, 0.29) is 22.8 Å². The molecule has 4 amide bonds. The first kappa shape index (κ1) is 24.7. The third kappa shape index (κ3) is 5.13. The van der Waals surface area contributed by atoms with Crippen LogP contribution in [0.5, 0.6) is 17.2 Å². The van der Waals surface area contributed by atoms with E-state index in [9.17, 15) is 19.2 Å². The summed E-state index contributed by atoms with van der Waals surface area (Å²) >= 11 is 3.31. The maximum atomic E-state index is 13.1. The van der Waals surface area contributed by atoms with E-state index in [1.54, 1.807) is 42.5 Å². The van der Waals surface area contributed by atoms with Crippen molar-refractivity contribution in [3.05, 3.63) is 87.9 Å². The summed E-state index contributed by atoms with van der Waals surface area (Å²) < 4.78 is 16.7. The van der Waals surface area contributed by atoms with Crippen LogP contribution in [0.4, 0.5) is 10.5 Å². The van der Waals surface area contributed by atoms with Crippen LogP contribution >= 0.6 is 15.9 Å². The number of carbonyl (C=O) groups is 4. The Kier molecular flexibility index (Phi) is 7.16. The van der Waals surface area contributed by atoms with E-state index in [2.05, 4.69) is 21.2 Å². The summed E-state index contributed by atoms with van der Waals surface area (Å²) in [6, 6.07) is 16.6. The van der Waals surface area contributed by atoms with E-state index in [1.165, 1.54) is 44.6 Å². The summed E-state index contributed by atoms with van der Waals surface area (Å²) in [6.07, 6.45) is 1.32. The van der Waals surface area contributed by atoms with Crippen molar-refractivity contribution in [1.29, 1.82) is 0 Å². The molecule has 0 bridgehead atoms. The SMILES string of the molecule is COc1ccc(N2C(=O)NC(=O)/C(=C\c3ccc(OC(=O)c4ccc(Br)cc4)c(OC)c3)C2=O)cc1. The van der Waals surface area contributed by atoms with Crippen LogP contribution < -0.4 is 24.4 Å². The van der Waals surface area contributed by atoms with Crippen molar-refractivity contribution in [2.45, 2.75) is 0 Å². The summed E-state index contributed by atoms with van der Waals surface area (Å²) in [6.45, 7) is 0. The second-order valence-corrected chi connectivity index (χ2v) is 8.38. The number of methoxy groups -OCH3 is 2. The Morgan fingerprint density at radius 3 is 2.22 bits per heavy atom. The van der Waals surface area contributed by atoms with Gasteiger partial charge in [-0.05, 0) is 72.3 Å². The molecule has 1 saturated heterocycles. The van der Waals surface area contributed by atoms with Crippen molar-refractivity contribution in [2.75, 3.05) is 19.1 Å². The number of hydrogen-bond acceptors (Lipinski definition) is 7. The Morgan fingerprint density at radius 2 is 1.58 bits per heavy atom. The molecule has 0 atom stereocenters. The highest BCUT2D eigenvalue weighted by Gasteiger charge is 2.36. The highest BCUT2D eigenvalue weighted by atomic mass is 79.9. The minimum atomic E-state index is -0.861. The van der Waals surface area contributed by atoms with Crippen LogP contribution in [-0.2, 0) is 9.59 Å². The standard InChI is InChI=1S/C26H19BrN2O7/c1-34-19-10-8-18(9-11-19)29-24(31)20(23(30)28-26(29)33)13-15-3-12-21(22(14-15)35-2)36-25(32)16-4-6-17(27)7-5-16/h3-14H,1-2H3,(H,28,30,33)/b20-13+. The van der Waals surface area contributed by atoms with Crippen molar-refractivity contribution in [1.82, 2.24) is 5.32 Å². The monoisotopic (exact) mass is 550 g/mol. The largest absolute Gasteiger partial charge is 0.497 e. The molecule has 1 fully saturated rings. The molecule has 0 aromatic heterocycles. The number of nitrogens with zero attached hydrogens (tertiary/aromatic N) is 1. The van der Waals surface area contributed by atoms with Crippen molar-refractivity contribution in [2.24, 2.45) is 0 Å². The fraction of sp³-hybridized carbons (Fsp3) is 0.0769. The van der Waals surface area contributed by atoms with E-state index in [4.69, 9.17) is 14.2 Å². The van der Waals surface area contributed by atoms with Gasteiger partial charge in [0.25, 0.3) is 11.8 Å². The molecule has 10 heteroatoms. The van der Waals surface area contributed by atoms with Gasteiger partial charge in [-0.3, -0.25) is 14.9 Å². The van der Waals surface area contributed by atoms with Gasteiger partial charge in [0.1, 0.15) is 11.3 Å². The van der Waals surface area contributed by atoms with Crippen LogP contribution in [0.1, 0.15) is 15.9 Å². The third-order valence-electron chi connectivity index (χ3n) is 5.21. The number of ether oxygens (including phenoxy) is 3. The molecule has 1 N–H and O–H groups in total. The zero-order chi connectivity index (χ0) is 25.8. The van der Waals surface area contributed by atoms with Gasteiger partial charge in [-0.15, -0.1) is 0 Å². The second-order valence-electron chi connectivity index (χ2n) is 7.46. The molecule has 36 heavy (non-hydrogen) atoms. The smallest absolute Gasteiger partial charge is 0.343 e. The van der Waals surface area contributed by atoms with Gasteiger partial charge in [0.05, 0.1) is 25.5 Å². The molecule has 182 valence electrons. The van der Waals surface area contributed by atoms with E-state index in [1.807, 2.05) is 0 Å². The first-order valence-electron chi connectivity index (χ1n) is 10.5. The van der Waals surface area contributed by atoms with Gasteiger partial charge in [-0.1, -0.05) is 22.0 Å². The molecule has 0 aliphatic carbocycles. The molecule has 4 rings (SSSR count). The summed E-state index contributed by atoms with van der Waals surface area (Å²) in [5.74, 6) is -1.30. The van der Waals surface area contributed by atoms with Crippen LogP contribution in [0, 0.1) is 0 Å². The first-order chi connectivity index (χ1) is 17.3. The second kappa shape index (κ2) is 10.4. The van der Waals surface area contributed by atoms with Gasteiger partial charge in [-0.25, -0.2) is 14.5 Å². The van der Waals surface area contributed by atoms with Gasteiger partial charge in [0.15, 0.2) is 11.5 Å². The van der Waals surface area contributed by atoms with Gasteiger partial charge in [0, 0.05) is 4.47 Å². The lowest BCUT2D eigenvalue weighted by Gasteiger charge is -2.26. The molecule has 1 aliphatic rings. The average molecular weight is 551 g/mol. The highest BCUT2D eigenvalue weighted by molar-refractivity contribution is 9.10. The molecule has 1 heterocycles. The van der Waals surface area contributed by atoms with E-state index >= 15 is 0 Å². The van der Waals surface area contributed by atoms with Crippen LogP contribution in [-0.4, -0.2) is 38.0 Å². The number of anilines is 1. The van der Waals surface area contributed by atoms with E-state index < -0.39 is 23.8 Å². The lowest BCUT2D eigenvalue weighted by Crippen LogP contribution is -2.54. The average Bonchev–Trinajstić information content (AvgIpc) is 2.88. The van der Waals surface area contributed by atoms with Crippen LogP contribution in [0.3, 0.4) is 0 Å². The lowest BCUT2D eigenvalue weighted by molar-refractivity contribution is -0.122. The molecule has 0 radical (unpaired) electrons. The van der Waals surface area contributed by atoms with Gasteiger partial charge in [0.2, 0.25) is 0 Å². The Morgan fingerprint density at radius 1 is 0.889 bits per heavy atom. The van der Waals surface area contributed by atoms with Crippen molar-refractivity contribution >= 4 is 51.5 Å². The van der Waals surface area contributed by atoms with Crippen molar-refractivity contribution < 1.29 is 33.4 Å². The molecule has 0 unspecified atom stereocenters. The number of barbiturate groups is 1. The highest BCUT2D eigenvalue weighted by Crippen LogP contribution is 2.31. The van der Waals surface area contributed by atoms with Crippen molar-refractivity contribution in [3.8, 4) is 17.2 Å². The number of carbonyl (C=O) groups excluding carboxylic acids is 4. The molecule has 0 saturated carbocycles. The summed E-state index contributed by atoms with van der Waals surface area (Å²) in [5.41, 5.74) is 0.772. The van der Waals surface area contributed by atoms with E-state index in [0.717, 1.165) is 9.37 Å². The molecule has 0 spiro atoms. The number of hydrogen-bond donors (Lipinski definition) is 1.